The van der Waals surface area contributed by atoms with Crippen LogP contribution in [0.15, 0.2) is 41.1 Å². The van der Waals surface area contributed by atoms with Crippen LogP contribution in [0.1, 0.15) is 75.1 Å². The van der Waals surface area contributed by atoms with Crippen LogP contribution in [0.5, 0.6) is 0 Å². The Bertz CT molecular complexity index is 1240. The lowest BCUT2D eigenvalue weighted by molar-refractivity contribution is -0.118. The van der Waals surface area contributed by atoms with E-state index in [2.05, 4.69) is 40.4 Å². The molecule has 0 saturated heterocycles. The molecule has 7 heteroatoms. The third-order valence-corrected chi connectivity index (χ3v) is 6.46. The van der Waals surface area contributed by atoms with Crippen molar-refractivity contribution in [3.05, 3.63) is 59.4 Å². The second-order valence-corrected chi connectivity index (χ2v) is 10.9. The molecule has 0 spiro atoms. The van der Waals surface area contributed by atoms with Crippen molar-refractivity contribution in [1.82, 2.24) is 15.1 Å². The maximum Gasteiger partial charge on any atom is 0.238 e. The molecule has 2 aromatic heterocycles. The number of ketones is 1. The zero-order valence-electron chi connectivity index (χ0n) is 20.7. The highest BCUT2D eigenvalue weighted by Crippen LogP contribution is 2.52. The van der Waals surface area contributed by atoms with Gasteiger partial charge in [-0.25, -0.2) is 4.98 Å². The Kier molecular flexibility index (Phi) is 6.14. The Morgan fingerprint density at radius 3 is 2.47 bits per heavy atom. The van der Waals surface area contributed by atoms with Crippen molar-refractivity contribution in [2.45, 2.75) is 66.2 Å². The number of pyridine rings is 1. The quantitative estimate of drug-likeness (QED) is 0.465. The van der Waals surface area contributed by atoms with Gasteiger partial charge in [0.25, 0.3) is 0 Å². The number of anilines is 1. The molecule has 34 heavy (non-hydrogen) atoms. The summed E-state index contributed by atoms with van der Waals surface area (Å²) < 4.78 is 5.24. The van der Waals surface area contributed by atoms with E-state index in [0.29, 0.717) is 24.6 Å². The van der Waals surface area contributed by atoms with E-state index in [1.54, 1.807) is 6.20 Å². The summed E-state index contributed by atoms with van der Waals surface area (Å²) in [5.74, 6) is 1.12. The van der Waals surface area contributed by atoms with E-state index in [4.69, 9.17) is 4.52 Å². The monoisotopic (exact) mass is 460 g/mol. The summed E-state index contributed by atoms with van der Waals surface area (Å²) in [6.07, 6.45) is 3.53. The van der Waals surface area contributed by atoms with Gasteiger partial charge in [0.15, 0.2) is 0 Å². The molecule has 1 saturated carbocycles. The standard InChI is InChI=1S/C27H32N4O3/c1-16-13-18(19-11-12-28-22(14-19)29-24(33)20-15-27(20,5)6)8-7-17(16)9-10-21(32)23-30-25(34-31-23)26(2,3)4/h7-8,11-14,20H,9-10,15H2,1-6H3,(H,28,29,33). The van der Waals surface area contributed by atoms with Crippen LogP contribution in [0.2, 0.25) is 0 Å². The van der Waals surface area contributed by atoms with Crippen LogP contribution in [0, 0.1) is 18.3 Å². The predicted molar refractivity (Wildman–Crippen MR) is 131 cm³/mol. The third kappa shape index (κ3) is 5.24. The van der Waals surface area contributed by atoms with Crippen molar-refractivity contribution in [2.75, 3.05) is 5.32 Å². The van der Waals surface area contributed by atoms with Gasteiger partial charge in [0.1, 0.15) is 5.82 Å². The molecule has 1 aliphatic rings. The summed E-state index contributed by atoms with van der Waals surface area (Å²) in [6, 6.07) is 9.99. The van der Waals surface area contributed by atoms with Crippen LogP contribution in [0.25, 0.3) is 11.1 Å². The first-order chi connectivity index (χ1) is 15.9. The highest BCUT2D eigenvalue weighted by Gasteiger charge is 2.50. The molecule has 0 bridgehead atoms. The van der Waals surface area contributed by atoms with Gasteiger partial charge >= 0.3 is 0 Å². The van der Waals surface area contributed by atoms with Gasteiger partial charge in [-0.05, 0) is 59.6 Å². The van der Waals surface area contributed by atoms with Crippen molar-refractivity contribution in [1.29, 1.82) is 0 Å². The van der Waals surface area contributed by atoms with Crippen LogP contribution >= 0.6 is 0 Å². The van der Waals surface area contributed by atoms with Crippen LogP contribution in [-0.4, -0.2) is 26.8 Å². The minimum atomic E-state index is -0.290. The maximum atomic E-state index is 12.5. The van der Waals surface area contributed by atoms with E-state index < -0.39 is 0 Å². The molecule has 1 fully saturated rings. The summed E-state index contributed by atoms with van der Waals surface area (Å²) in [5, 5.41) is 6.80. The number of aryl methyl sites for hydroxylation is 2. The van der Waals surface area contributed by atoms with Gasteiger partial charge < -0.3 is 9.84 Å². The zero-order chi connectivity index (χ0) is 24.7. The lowest BCUT2D eigenvalue weighted by atomic mass is 9.96. The fourth-order valence-corrected chi connectivity index (χ4v) is 3.96. The van der Waals surface area contributed by atoms with Crippen LogP contribution in [-0.2, 0) is 16.6 Å². The topological polar surface area (TPSA) is 98.0 Å². The third-order valence-electron chi connectivity index (χ3n) is 6.46. The minimum absolute atomic E-state index is 0.0297. The number of benzene rings is 1. The zero-order valence-corrected chi connectivity index (χ0v) is 20.7. The molecule has 1 aliphatic carbocycles. The first kappa shape index (κ1) is 23.8. The fraction of sp³-hybridized carbons (Fsp3) is 0.444. The number of rotatable bonds is 7. The van der Waals surface area contributed by atoms with Crippen LogP contribution in [0.3, 0.4) is 0 Å². The fourth-order valence-electron chi connectivity index (χ4n) is 3.96. The van der Waals surface area contributed by atoms with Gasteiger partial charge in [0.2, 0.25) is 23.4 Å². The number of nitrogens with one attached hydrogen (secondary N) is 1. The van der Waals surface area contributed by atoms with E-state index in [-0.39, 0.29) is 34.3 Å². The Morgan fingerprint density at radius 1 is 1.15 bits per heavy atom. The van der Waals surface area contributed by atoms with E-state index in [0.717, 1.165) is 28.7 Å². The Hall–Kier alpha value is -3.35. The van der Waals surface area contributed by atoms with E-state index in [9.17, 15) is 9.59 Å². The number of carbonyl (C=O) groups is 2. The molecule has 7 nitrogen and oxygen atoms in total. The number of aromatic nitrogens is 3. The molecule has 0 radical (unpaired) electrons. The van der Waals surface area contributed by atoms with Crippen molar-refractivity contribution < 1.29 is 14.1 Å². The molecule has 178 valence electrons. The number of hydrogen-bond acceptors (Lipinski definition) is 6. The molecule has 0 aliphatic heterocycles. The van der Waals surface area contributed by atoms with Crippen LogP contribution < -0.4 is 5.32 Å². The van der Waals surface area contributed by atoms with E-state index in [1.807, 2.05) is 52.0 Å². The molecular weight excluding hydrogens is 428 g/mol. The molecule has 3 aromatic rings. The number of hydrogen-bond donors (Lipinski definition) is 1. The molecule has 2 heterocycles. The maximum absolute atomic E-state index is 12.5. The second kappa shape index (κ2) is 8.78. The second-order valence-electron chi connectivity index (χ2n) is 10.9. The van der Waals surface area contributed by atoms with E-state index >= 15 is 0 Å². The SMILES string of the molecule is Cc1cc(-c2ccnc(NC(=O)C3CC3(C)C)c2)ccc1CCC(=O)c1noc(C(C)(C)C)n1. The first-order valence-corrected chi connectivity index (χ1v) is 11.7. The van der Waals surface area contributed by atoms with Crippen molar-refractivity contribution in [3.8, 4) is 11.1 Å². The summed E-state index contributed by atoms with van der Waals surface area (Å²) >= 11 is 0. The van der Waals surface area contributed by atoms with Gasteiger partial charge in [-0.1, -0.05) is 58.0 Å². The molecule has 1 N–H and O–H groups in total. The smallest absolute Gasteiger partial charge is 0.238 e. The molecule has 4 rings (SSSR count). The minimum Gasteiger partial charge on any atom is -0.338 e. The van der Waals surface area contributed by atoms with Crippen molar-refractivity contribution in [3.63, 3.8) is 0 Å². The molecular formula is C27H32N4O3. The van der Waals surface area contributed by atoms with Gasteiger partial charge in [-0.3, -0.25) is 9.59 Å². The highest BCUT2D eigenvalue weighted by atomic mass is 16.5. The van der Waals surface area contributed by atoms with Gasteiger partial charge in [-0.15, -0.1) is 0 Å². The number of Topliss-reactive ketones (excluding diaryl/α,β-unsaturated/α-hetero) is 1. The summed E-state index contributed by atoms with van der Waals surface area (Å²) in [4.78, 5) is 33.5. The Morgan fingerprint density at radius 2 is 1.85 bits per heavy atom. The highest BCUT2D eigenvalue weighted by molar-refractivity contribution is 5.94. The molecule has 1 atom stereocenters. The summed E-state index contributed by atoms with van der Waals surface area (Å²) in [7, 11) is 0. The Balaban J connectivity index is 1.41. The number of carbonyl (C=O) groups excluding carboxylic acids is 2. The predicted octanol–water partition coefficient (Wildman–Crippen LogP) is 5.54. The van der Waals surface area contributed by atoms with Crippen molar-refractivity contribution in [2.24, 2.45) is 11.3 Å². The summed E-state index contributed by atoms with van der Waals surface area (Å²) in [5.41, 5.74) is 3.99. The summed E-state index contributed by atoms with van der Waals surface area (Å²) in [6.45, 7) is 12.1. The number of amides is 1. The average Bonchev–Trinajstić information content (AvgIpc) is 3.17. The number of nitrogens with zero attached hydrogens (tertiary/aromatic N) is 3. The Labute approximate surface area is 200 Å². The lowest BCUT2D eigenvalue weighted by Crippen LogP contribution is -2.17. The molecule has 1 aromatic carbocycles. The molecule has 1 amide bonds. The van der Waals surface area contributed by atoms with Crippen molar-refractivity contribution >= 4 is 17.5 Å². The average molecular weight is 461 g/mol. The van der Waals surface area contributed by atoms with E-state index in [1.165, 1.54) is 0 Å². The normalized spacial score (nSPS) is 16.8. The first-order valence-electron chi connectivity index (χ1n) is 11.7. The molecule has 1 unspecified atom stereocenters. The van der Waals surface area contributed by atoms with Crippen LogP contribution in [0.4, 0.5) is 5.82 Å². The largest absolute Gasteiger partial charge is 0.338 e. The van der Waals surface area contributed by atoms with Gasteiger partial charge in [0, 0.05) is 24.0 Å². The van der Waals surface area contributed by atoms with Gasteiger partial charge in [0.05, 0.1) is 0 Å². The van der Waals surface area contributed by atoms with Gasteiger partial charge in [-0.2, -0.15) is 4.98 Å². The lowest BCUT2D eigenvalue weighted by Gasteiger charge is -2.11.